The van der Waals surface area contributed by atoms with Crippen LogP contribution < -0.4 is 15.0 Å². The molecule has 0 bridgehead atoms. The minimum Gasteiger partial charge on any atom is -0.497 e. The van der Waals surface area contributed by atoms with E-state index in [0.29, 0.717) is 6.54 Å². The van der Waals surface area contributed by atoms with E-state index in [0.717, 1.165) is 11.3 Å². The largest absolute Gasteiger partial charge is 0.497 e. The Morgan fingerprint density at radius 1 is 1.24 bits per heavy atom. The van der Waals surface area contributed by atoms with Crippen LogP contribution in [0.4, 0.5) is 10.1 Å². The second kappa shape index (κ2) is 9.05. The number of anilines is 1. The first-order chi connectivity index (χ1) is 13.9. The lowest BCUT2D eigenvalue weighted by molar-refractivity contribution is -0.126. The Balaban J connectivity index is 1.63. The van der Waals surface area contributed by atoms with E-state index >= 15 is 0 Å². The van der Waals surface area contributed by atoms with E-state index in [2.05, 4.69) is 5.32 Å². The zero-order chi connectivity index (χ0) is 21.0. The predicted octanol–water partition coefficient (Wildman–Crippen LogP) is 2.61. The number of likely N-dealkylation sites (N-methyl/N-ethyl adjacent to an activating group) is 1. The van der Waals surface area contributed by atoms with Crippen molar-refractivity contribution in [3.05, 3.63) is 59.9 Å². The normalized spacial score (nSPS) is 17.5. The molecule has 0 unspecified atom stereocenters. The summed E-state index contributed by atoms with van der Waals surface area (Å²) in [6, 6.07) is 13.8. The van der Waals surface area contributed by atoms with Crippen LogP contribution in [0.25, 0.3) is 0 Å². The van der Waals surface area contributed by atoms with E-state index in [-0.39, 0.29) is 36.5 Å². The second-order valence-corrected chi connectivity index (χ2v) is 7.35. The van der Waals surface area contributed by atoms with Crippen molar-refractivity contribution in [3.8, 4) is 5.75 Å². The zero-order valence-corrected chi connectivity index (χ0v) is 16.9. The number of nitrogens with zero attached hydrogens (tertiary/aromatic N) is 2. The minimum absolute atomic E-state index is 0.0235. The van der Waals surface area contributed by atoms with E-state index in [4.69, 9.17) is 4.74 Å². The summed E-state index contributed by atoms with van der Waals surface area (Å²) in [6.45, 7) is 0.587. The maximum Gasteiger partial charge on any atom is 0.227 e. The number of ether oxygens (including phenoxy) is 1. The number of rotatable bonds is 7. The zero-order valence-electron chi connectivity index (χ0n) is 16.9. The Hall–Kier alpha value is -2.93. The Bertz CT molecular complexity index is 870. The Kier molecular flexibility index (Phi) is 6.49. The molecule has 154 valence electrons. The summed E-state index contributed by atoms with van der Waals surface area (Å²) in [4.78, 5) is 28.4. The molecule has 1 aliphatic heterocycles. The average molecular weight is 399 g/mol. The molecule has 2 aromatic carbocycles. The highest BCUT2D eigenvalue weighted by atomic mass is 19.1. The van der Waals surface area contributed by atoms with Crippen LogP contribution in [0, 0.1) is 11.7 Å². The molecule has 1 fully saturated rings. The number of carbonyl (C=O) groups is 2. The molecule has 1 saturated heterocycles. The van der Waals surface area contributed by atoms with Crippen molar-refractivity contribution in [2.75, 3.05) is 39.2 Å². The van der Waals surface area contributed by atoms with Gasteiger partial charge in [-0.2, -0.15) is 0 Å². The van der Waals surface area contributed by atoms with Crippen molar-refractivity contribution in [2.24, 2.45) is 5.92 Å². The molecule has 29 heavy (non-hydrogen) atoms. The van der Waals surface area contributed by atoms with Gasteiger partial charge in [-0.05, 0) is 43.9 Å². The highest BCUT2D eigenvalue weighted by Crippen LogP contribution is 2.27. The molecule has 7 heteroatoms. The average Bonchev–Trinajstić information content (AvgIpc) is 3.10. The number of benzene rings is 2. The standard InChI is InChI=1S/C22H26FN3O3/c1-25(2)20(15-8-10-17(29-3)11-9-15)13-24-22(28)16-12-21(27)26(14-16)19-7-5-4-6-18(19)23/h4-11,16,20H,12-14H2,1-3H3,(H,24,28)/t16-,20+/m0/s1. The fraction of sp³-hybridized carbons (Fsp3) is 0.364. The molecule has 3 rings (SSSR count). The van der Waals surface area contributed by atoms with Crippen molar-refractivity contribution >= 4 is 17.5 Å². The molecule has 0 aliphatic carbocycles. The number of nitrogens with one attached hydrogen (secondary N) is 1. The number of carbonyl (C=O) groups excluding carboxylic acids is 2. The molecular formula is C22H26FN3O3. The summed E-state index contributed by atoms with van der Waals surface area (Å²) < 4.78 is 19.2. The van der Waals surface area contributed by atoms with Crippen LogP contribution in [-0.2, 0) is 9.59 Å². The van der Waals surface area contributed by atoms with Crippen molar-refractivity contribution in [2.45, 2.75) is 12.5 Å². The topological polar surface area (TPSA) is 61.9 Å². The molecule has 1 N–H and O–H groups in total. The molecule has 2 aromatic rings. The van der Waals surface area contributed by atoms with E-state index in [1.807, 2.05) is 43.3 Å². The molecule has 2 amide bonds. The van der Waals surface area contributed by atoms with Gasteiger partial charge in [0.2, 0.25) is 11.8 Å². The van der Waals surface area contributed by atoms with Crippen LogP contribution in [0.1, 0.15) is 18.0 Å². The van der Waals surface area contributed by atoms with E-state index in [1.165, 1.54) is 11.0 Å². The molecule has 1 heterocycles. The van der Waals surface area contributed by atoms with E-state index in [9.17, 15) is 14.0 Å². The molecule has 0 aromatic heterocycles. The summed E-state index contributed by atoms with van der Waals surface area (Å²) in [5.74, 6) is -0.630. The fourth-order valence-electron chi connectivity index (χ4n) is 3.55. The van der Waals surface area contributed by atoms with Crippen LogP contribution in [0.3, 0.4) is 0 Å². The van der Waals surface area contributed by atoms with Crippen LogP contribution in [0.15, 0.2) is 48.5 Å². The second-order valence-electron chi connectivity index (χ2n) is 7.35. The first kappa shape index (κ1) is 20.8. The monoisotopic (exact) mass is 399 g/mol. The first-order valence-electron chi connectivity index (χ1n) is 9.53. The van der Waals surface area contributed by atoms with Crippen molar-refractivity contribution in [1.82, 2.24) is 10.2 Å². The third kappa shape index (κ3) is 4.74. The highest BCUT2D eigenvalue weighted by molar-refractivity contribution is 6.00. The molecule has 0 spiro atoms. The summed E-state index contributed by atoms with van der Waals surface area (Å²) in [6.07, 6.45) is 0.0787. The van der Waals surface area contributed by atoms with Gasteiger partial charge < -0.3 is 19.9 Å². The van der Waals surface area contributed by atoms with Gasteiger partial charge >= 0.3 is 0 Å². The maximum atomic E-state index is 14.0. The van der Waals surface area contributed by atoms with Gasteiger partial charge in [0.1, 0.15) is 11.6 Å². The lowest BCUT2D eigenvalue weighted by atomic mass is 10.0. The maximum absolute atomic E-state index is 14.0. The summed E-state index contributed by atoms with van der Waals surface area (Å²) in [7, 11) is 5.51. The molecule has 6 nitrogen and oxygen atoms in total. The quantitative estimate of drug-likeness (QED) is 0.778. The SMILES string of the molecule is COc1ccc([C@@H](CNC(=O)[C@H]2CC(=O)N(c3ccccc3F)C2)N(C)C)cc1. The van der Waals surface area contributed by atoms with Gasteiger partial charge in [0, 0.05) is 19.5 Å². The molecule has 0 saturated carbocycles. The number of halogens is 1. The third-order valence-corrected chi connectivity index (χ3v) is 5.23. The van der Waals surface area contributed by atoms with Crippen LogP contribution in [-0.4, -0.2) is 51.0 Å². The van der Waals surface area contributed by atoms with E-state index in [1.54, 1.807) is 25.3 Å². The Labute approximate surface area is 170 Å². The molecule has 0 radical (unpaired) electrons. The number of hydrogen-bond acceptors (Lipinski definition) is 4. The van der Waals surface area contributed by atoms with Crippen molar-refractivity contribution in [1.29, 1.82) is 0 Å². The van der Waals surface area contributed by atoms with Crippen LogP contribution in [0.2, 0.25) is 0 Å². The molecular weight excluding hydrogens is 373 g/mol. The number of hydrogen-bond donors (Lipinski definition) is 1. The Morgan fingerprint density at radius 3 is 2.55 bits per heavy atom. The number of para-hydroxylation sites is 1. The van der Waals surface area contributed by atoms with Gasteiger partial charge in [-0.25, -0.2) is 4.39 Å². The summed E-state index contributed by atoms with van der Waals surface area (Å²) >= 11 is 0. The predicted molar refractivity (Wildman–Crippen MR) is 109 cm³/mol. The van der Waals surface area contributed by atoms with Gasteiger partial charge in [-0.15, -0.1) is 0 Å². The summed E-state index contributed by atoms with van der Waals surface area (Å²) in [5.41, 5.74) is 1.27. The van der Waals surface area contributed by atoms with Crippen molar-refractivity contribution < 1.29 is 18.7 Å². The highest BCUT2D eigenvalue weighted by Gasteiger charge is 2.36. The third-order valence-electron chi connectivity index (χ3n) is 5.23. The number of amides is 2. The minimum atomic E-state index is -0.499. The van der Waals surface area contributed by atoms with Gasteiger partial charge in [0.15, 0.2) is 0 Å². The summed E-state index contributed by atoms with van der Waals surface area (Å²) in [5, 5.41) is 2.96. The van der Waals surface area contributed by atoms with Gasteiger partial charge in [0.25, 0.3) is 0 Å². The lowest BCUT2D eigenvalue weighted by Gasteiger charge is -2.26. The van der Waals surface area contributed by atoms with Gasteiger partial charge in [0.05, 0.1) is 24.8 Å². The van der Waals surface area contributed by atoms with Gasteiger partial charge in [-0.3, -0.25) is 9.59 Å². The Morgan fingerprint density at radius 2 is 1.93 bits per heavy atom. The molecule has 2 atom stereocenters. The van der Waals surface area contributed by atoms with Crippen molar-refractivity contribution in [3.63, 3.8) is 0 Å². The fourth-order valence-corrected chi connectivity index (χ4v) is 3.55. The smallest absolute Gasteiger partial charge is 0.227 e. The van der Waals surface area contributed by atoms with Gasteiger partial charge in [-0.1, -0.05) is 24.3 Å². The number of methoxy groups -OCH3 is 1. The van der Waals surface area contributed by atoms with Crippen LogP contribution in [0.5, 0.6) is 5.75 Å². The van der Waals surface area contributed by atoms with E-state index < -0.39 is 11.7 Å². The first-order valence-corrected chi connectivity index (χ1v) is 9.53. The lowest BCUT2D eigenvalue weighted by Crippen LogP contribution is -2.38. The molecule has 1 aliphatic rings. The van der Waals surface area contributed by atoms with Crippen LogP contribution >= 0.6 is 0 Å².